The van der Waals surface area contributed by atoms with Gasteiger partial charge in [0, 0.05) is 32.4 Å². The van der Waals surface area contributed by atoms with E-state index in [9.17, 15) is 18.0 Å². The minimum atomic E-state index is -4.83. The number of hydrogen-bond acceptors (Lipinski definition) is 9. The van der Waals surface area contributed by atoms with E-state index in [0.29, 0.717) is 31.9 Å². The number of rotatable bonds is 7. The Balaban J connectivity index is 1.46. The second-order valence-electron chi connectivity index (χ2n) is 11.8. The lowest BCUT2D eigenvalue weighted by molar-refractivity contribution is -0.137. The maximum Gasteiger partial charge on any atom is 0.418 e. The summed E-state index contributed by atoms with van der Waals surface area (Å²) in [5, 5.41) is 0.185. The van der Waals surface area contributed by atoms with Crippen LogP contribution < -0.4 is 15.4 Å². The topological polar surface area (TPSA) is 114 Å². The minimum absolute atomic E-state index is 0.0895. The average Bonchev–Trinajstić information content (AvgIpc) is 3.71. The number of hydrogen-bond donors (Lipinski definition) is 1. The Morgan fingerprint density at radius 2 is 1.93 bits per heavy atom. The third-order valence-corrected chi connectivity index (χ3v) is 9.20. The molecule has 3 aromatic heterocycles. The predicted molar refractivity (Wildman–Crippen MR) is 157 cm³/mol. The molecule has 0 aliphatic carbocycles. The average molecular weight is 615 g/mol. The molecule has 2 N–H and O–H groups in total. The molecule has 0 aromatic carbocycles. The molecule has 3 saturated heterocycles. The Hall–Kier alpha value is -4.07. The van der Waals surface area contributed by atoms with E-state index in [1.54, 1.807) is 11.9 Å². The SMILES string of the molecule is C=CC(=O)N1CCC(N(C)c2nc(OCC34CCCN3CCC4)nc3c(F)c(-c4nc(N)cc(C)c4C(F)(F)F)ncc23)C1. The van der Waals surface area contributed by atoms with Crippen LogP contribution in [-0.2, 0) is 11.0 Å². The number of anilines is 2. The second-order valence-corrected chi connectivity index (χ2v) is 11.8. The maximum atomic E-state index is 16.4. The summed E-state index contributed by atoms with van der Waals surface area (Å²) in [6, 6.07) is 0.818. The van der Waals surface area contributed by atoms with Crippen LogP contribution in [-0.4, -0.2) is 87.1 Å². The normalized spacial score (nSPS) is 19.9. The number of aromatic nitrogens is 4. The van der Waals surface area contributed by atoms with E-state index in [4.69, 9.17) is 10.5 Å². The monoisotopic (exact) mass is 614 g/mol. The van der Waals surface area contributed by atoms with Gasteiger partial charge in [0.15, 0.2) is 5.82 Å². The zero-order chi connectivity index (χ0) is 31.4. The molecule has 44 heavy (non-hydrogen) atoms. The van der Waals surface area contributed by atoms with Crippen molar-refractivity contribution in [3.8, 4) is 17.4 Å². The van der Waals surface area contributed by atoms with Crippen LogP contribution in [0.3, 0.4) is 0 Å². The fraction of sp³-hybridized carbons (Fsp3) is 0.500. The molecule has 6 rings (SSSR count). The van der Waals surface area contributed by atoms with Gasteiger partial charge in [-0.1, -0.05) is 6.58 Å². The lowest BCUT2D eigenvalue weighted by Crippen LogP contribution is -2.43. The minimum Gasteiger partial charge on any atom is -0.461 e. The number of likely N-dealkylation sites (tertiary alicyclic amines) is 1. The maximum absolute atomic E-state index is 16.4. The number of nitrogens with two attached hydrogens (primary N) is 1. The van der Waals surface area contributed by atoms with Gasteiger partial charge in [0.2, 0.25) is 5.91 Å². The summed E-state index contributed by atoms with van der Waals surface area (Å²) in [5.41, 5.74) is 2.73. The van der Waals surface area contributed by atoms with Gasteiger partial charge in [-0.2, -0.15) is 23.1 Å². The third kappa shape index (κ3) is 5.18. The van der Waals surface area contributed by atoms with Gasteiger partial charge in [-0.3, -0.25) is 14.7 Å². The fourth-order valence-corrected chi connectivity index (χ4v) is 6.97. The molecule has 234 valence electrons. The van der Waals surface area contributed by atoms with E-state index >= 15 is 4.39 Å². The summed E-state index contributed by atoms with van der Waals surface area (Å²) < 4.78 is 65.0. The number of carbonyl (C=O) groups is 1. The summed E-state index contributed by atoms with van der Waals surface area (Å²) in [7, 11) is 1.77. The first-order valence-electron chi connectivity index (χ1n) is 14.6. The first-order chi connectivity index (χ1) is 20.9. The van der Waals surface area contributed by atoms with E-state index in [1.165, 1.54) is 19.2 Å². The lowest BCUT2D eigenvalue weighted by atomic mass is 9.95. The van der Waals surface area contributed by atoms with Crippen molar-refractivity contribution in [2.75, 3.05) is 50.5 Å². The van der Waals surface area contributed by atoms with Crippen LogP contribution >= 0.6 is 0 Å². The number of pyridine rings is 2. The molecule has 0 saturated carbocycles. The zero-order valence-electron chi connectivity index (χ0n) is 24.6. The zero-order valence-corrected chi connectivity index (χ0v) is 24.6. The number of halogens is 4. The van der Waals surface area contributed by atoms with Gasteiger partial charge in [-0.05, 0) is 69.8 Å². The first kappa shape index (κ1) is 30.0. The number of nitrogen functional groups attached to an aromatic ring is 1. The van der Waals surface area contributed by atoms with Gasteiger partial charge >= 0.3 is 12.2 Å². The van der Waals surface area contributed by atoms with Gasteiger partial charge < -0.3 is 20.3 Å². The number of fused-ring (bicyclic) bond motifs is 2. The van der Waals surface area contributed by atoms with Gasteiger partial charge in [-0.25, -0.2) is 9.37 Å². The Bertz CT molecular complexity index is 1620. The molecule has 6 heterocycles. The van der Waals surface area contributed by atoms with Crippen LogP contribution in [0.5, 0.6) is 6.01 Å². The van der Waals surface area contributed by atoms with Crippen LogP contribution in [0.15, 0.2) is 24.9 Å². The molecule has 1 unspecified atom stereocenters. The summed E-state index contributed by atoms with van der Waals surface area (Å²) in [4.78, 5) is 35.1. The van der Waals surface area contributed by atoms with E-state index < -0.39 is 28.9 Å². The van der Waals surface area contributed by atoms with Gasteiger partial charge in [0.1, 0.15) is 35.1 Å². The van der Waals surface area contributed by atoms with Crippen molar-refractivity contribution in [1.82, 2.24) is 29.7 Å². The van der Waals surface area contributed by atoms with E-state index in [1.807, 2.05) is 4.90 Å². The highest BCUT2D eigenvalue weighted by atomic mass is 19.4. The van der Waals surface area contributed by atoms with Gasteiger partial charge in [0.05, 0.1) is 16.5 Å². The van der Waals surface area contributed by atoms with Crippen LogP contribution in [0, 0.1) is 12.7 Å². The van der Waals surface area contributed by atoms with Gasteiger partial charge in [0.25, 0.3) is 0 Å². The van der Waals surface area contributed by atoms with Crippen LogP contribution in [0.1, 0.15) is 43.2 Å². The van der Waals surface area contributed by atoms with Gasteiger partial charge in [-0.15, -0.1) is 0 Å². The predicted octanol–water partition coefficient (Wildman–Crippen LogP) is 4.37. The Morgan fingerprint density at radius 1 is 1.20 bits per heavy atom. The molecule has 0 spiro atoms. The molecule has 1 atom stereocenters. The van der Waals surface area contributed by atoms with Crippen molar-refractivity contribution < 1.29 is 27.1 Å². The number of ether oxygens (including phenoxy) is 1. The van der Waals surface area contributed by atoms with Crippen molar-refractivity contribution in [3.63, 3.8) is 0 Å². The molecule has 3 aliphatic heterocycles. The highest BCUT2D eigenvalue weighted by molar-refractivity contribution is 5.92. The molecule has 3 aliphatic rings. The van der Waals surface area contributed by atoms with E-state index in [-0.39, 0.29) is 45.8 Å². The van der Waals surface area contributed by atoms with Crippen molar-refractivity contribution in [1.29, 1.82) is 0 Å². The summed E-state index contributed by atoms with van der Waals surface area (Å²) >= 11 is 0. The first-order valence-corrected chi connectivity index (χ1v) is 14.6. The Morgan fingerprint density at radius 3 is 2.61 bits per heavy atom. The van der Waals surface area contributed by atoms with Crippen molar-refractivity contribution in [2.24, 2.45) is 0 Å². The van der Waals surface area contributed by atoms with Crippen molar-refractivity contribution >= 4 is 28.4 Å². The largest absolute Gasteiger partial charge is 0.461 e. The molecule has 0 bridgehead atoms. The van der Waals surface area contributed by atoms with E-state index in [2.05, 4.69) is 31.4 Å². The standard InChI is InChI=1S/C30H34F4N8O2/c1-4-21(43)41-12-7-18(15-41)40(3)27-19-14-36-26(25-22(30(32,33)34)17(2)13-20(35)37-25)23(31)24(19)38-28(39-27)44-16-29-8-5-10-42(29)11-6-9-29/h4,13-14,18H,1,5-12,15-16H2,2-3H3,(H2,35,37). The number of alkyl halides is 3. The summed E-state index contributed by atoms with van der Waals surface area (Å²) in [5.74, 6) is -1.20. The Kier molecular flexibility index (Phi) is 7.58. The molecule has 3 fully saturated rings. The quantitative estimate of drug-likeness (QED) is 0.306. The van der Waals surface area contributed by atoms with Crippen LogP contribution in [0.2, 0.25) is 0 Å². The molecule has 14 heteroatoms. The molecule has 10 nitrogen and oxygen atoms in total. The van der Waals surface area contributed by atoms with Crippen LogP contribution in [0.25, 0.3) is 22.3 Å². The van der Waals surface area contributed by atoms with E-state index in [0.717, 1.165) is 44.8 Å². The fourth-order valence-electron chi connectivity index (χ4n) is 6.97. The highest BCUT2D eigenvalue weighted by Gasteiger charge is 2.45. The molecule has 3 aromatic rings. The number of aryl methyl sites for hydroxylation is 1. The molecule has 1 amide bonds. The van der Waals surface area contributed by atoms with Crippen LogP contribution in [0.4, 0.5) is 29.2 Å². The highest BCUT2D eigenvalue weighted by Crippen LogP contribution is 2.42. The summed E-state index contributed by atoms with van der Waals surface area (Å²) in [6.07, 6.45) is 2.32. The van der Waals surface area contributed by atoms with Crippen molar-refractivity contribution in [2.45, 2.75) is 56.8 Å². The number of carbonyl (C=O) groups excluding carboxylic acids is 1. The molecule has 0 radical (unpaired) electrons. The molecular weight excluding hydrogens is 580 g/mol. The summed E-state index contributed by atoms with van der Waals surface area (Å²) in [6.45, 7) is 7.95. The third-order valence-electron chi connectivity index (χ3n) is 9.20. The number of likely N-dealkylation sites (N-methyl/N-ethyl adjacent to an activating group) is 1. The number of nitrogens with zero attached hydrogens (tertiary/aromatic N) is 7. The second kappa shape index (κ2) is 11.1. The smallest absolute Gasteiger partial charge is 0.418 e. The molecular formula is C30H34F4N8O2. The Labute approximate surface area is 251 Å². The van der Waals surface area contributed by atoms with Crippen molar-refractivity contribution in [3.05, 3.63) is 41.9 Å². The number of amides is 1. The lowest BCUT2D eigenvalue weighted by Gasteiger charge is -2.31.